The van der Waals surface area contributed by atoms with Crippen LogP contribution in [0.4, 0.5) is 0 Å². The fraction of sp³-hybridized carbons (Fsp3) is 0.692. The Morgan fingerprint density at radius 2 is 2.12 bits per heavy atom. The van der Waals surface area contributed by atoms with Crippen LogP contribution >= 0.6 is 11.3 Å². The topological polar surface area (TPSA) is 47.3 Å². The van der Waals surface area contributed by atoms with Gasteiger partial charge in [-0.15, -0.1) is 0 Å². The van der Waals surface area contributed by atoms with E-state index in [-0.39, 0.29) is 11.6 Å². The Morgan fingerprint density at radius 3 is 2.53 bits per heavy atom. The maximum atomic E-state index is 5.99. The van der Waals surface area contributed by atoms with E-state index in [9.17, 15) is 0 Å². The zero-order chi connectivity index (χ0) is 12.7. The molecule has 4 heteroatoms. The van der Waals surface area contributed by atoms with E-state index in [1.165, 1.54) is 5.56 Å². The predicted molar refractivity (Wildman–Crippen MR) is 74.1 cm³/mol. The molecule has 0 aliphatic heterocycles. The number of rotatable bonds is 8. The molecule has 0 aromatic carbocycles. The van der Waals surface area contributed by atoms with E-state index in [0.29, 0.717) is 0 Å². The molecule has 1 heterocycles. The second kappa shape index (κ2) is 7.11. The third kappa shape index (κ3) is 3.52. The Balaban J connectivity index is 2.80. The van der Waals surface area contributed by atoms with E-state index >= 15 is 0 Å². The molecule has 1 aromatic heterocycles. The summed E-state index contributed by atoms with van der Waals surface area (Å²) in [6.45, 7) is 7.09. The molecular weight excluding hydrogens is 232 g/mol. The van der Waals surface area contributed by atoms with E-state index in [2.05, 4.69) is 36.1 Å². The molecule has 0 aliphatic rings. The molecular formula is C13H24N2OS. The SMILES string of the molecule is CCOC(CC)(CC)C(Cc1ccsc1)NN. The minimum atomic E-state index is -0.161. The van der Waals surface area contributed by atoms with Gasteiger partial charge in [0.2, 0.25) is 0 Å². The molecule has 98 valence electrons. The fourth-order valence-corrected chi connectivity index (χ4v) is 3.06. The number of hydrogen-bond acceptors (Lipinski definition) is 4. The van der Waals surface area contributed by atoms with E-state index in [4.69, 9.17) is 10.6 Å². The summed E-state index contributed by atoms with van der Waals surface area (Å²) in [5, 5.41) is 4.27. The maximum absolute atomic E-state index is 5.99. The standard InChI is InChI=1S/C13H24N2OS/c1-4-13(5-2,16-6-3)12(15-14)9-11-7-8-17-10-11/h7-8,10,12,15H,4-6,9,14H2,1-3H3. The molecule has 0 spiro atoms. The number of hydrazine groups is 1. The van der Waals surface area contributed by atoms with Crippen LogP contribution in [0.1, 0.15) is 39.2 Å². The Morgan fingerprint density at radius 1 is 1.41 bits per heavy atom. The zero-order valence-electron chi connectivity index (χ0n) is 11.0. The van der Waals surface area contributed by atoms with Gasteiger partial charge in [0.1, 0.15) is 0 Å². The van der Waals surface area contributed by atoms with Crippen LogP contribution in [0.25, 0.3) is 0 Å². The van der Waals surface area contributed by atoms with Crippen LogP contribution in [-0.2, 0) is 11.2 Å². The van der Waals surface area contributed by atoms with Gasteiger partial charge < -0.3 is 4.74 Å². The summed E-state index contributed by atoms with van der Waals surface area (Å²) in [7, 11) is 0. The Hall–Kier alpha value is -0.420. The number of ether oxygens (including phenoxy) is 1. The van der Waals surface area contributed by atoms with Crippen molar-refractivity contribution in [1.82, 2.24) is 5.43 Å². The first-order chi connectivity index (χ1) is 8.22. The van der Waals surface area contributed by atoms with Gasteiger partial charge in [0, 0.05) is 6.61 Å². The van der Waals surface area contributed by atoms with Crippen LogP contribution in [0, 0.1) is 0 Å². The van der Waals surface area contributed by atoms with Crippen molar-refractivity contribution in [3.8, 4) is 0 Å². The van der Waals surface area contributed by atoms with Gasteiger partial charge in [-0.05, 0) is 48.6 Å². The lowest BCUT2D eigenvalue weighted by Gasteiger charge is -2.39. The molecule has 0 amide bonds. The first-order valence-corrected chi connectivity index (χ1v) is 7.27. The van der Waals surface area contributed by atoms with E-state index in [1.807, 2.05) is 6.92 Å². The average molecular weight is 256 g/mol. The highest BCUT2D eigenvalue weighted by atomic mass is 32.1. The van der Waals surface area contributed by atoms with Crippen molar-refractivity contribution in [3.05, 3.63) is 22.4 Å². The molecule has 0 radical (unpaired) electrons. The van der Waals surface area contributed by atoms with Gasteiger partial charge in [-0.1, -0.05) is 13.8 Å². The van der Waals surface area contributed by atoms with E-state index < -0.39 is 0 Å². The highest BCUT2D eigenvalue weighted by Crippen LogP contribution is 2.27. The molecule has 1 unspecified atom stereocenters. The third-order valence-electron chi connectivity index (χ3n) is 3.48. The molecule has 1 atom stereocenters. The lowest BCUT2D eigenvalue weighted by Crippen LogP contribution is -2.55. The molecule has 0 bridgehead atoms. The van der Waals surface area contributed by atoms with Gasteiger partial charge in [0.25, 0.3) is 0 Å². The van der Waals surface area contributed by atoms with Crippen LogP contribution in [0.5, 0.6) is 0 Å². The van der Waals surface area contributed by atoms with Gasteiger partial charge in [0.05, 0.1) is 11.6 Å². The average Bonchev–Trinajstić information content (AvgIpc) is 2.86. The Kier molecular flexibility index (Phi) is 6.12. The Labute approximate surface area is 108 Å². The normalized spacial score (nSPS) is 13.9. The van der Waals surface area contributed by atoms with E-state index in [0.717, 1.165) is 25.9 Å². The maximum Gasteiger partial charge on any atom is 0.0846 e. The minimum Gasteiger partial charge on any atom is -0.374 e. The van der Waals surface area contributed by atoms with Gasteiger partial charge >= 0.3 is 0 Å². The van der Waals surface area contributed by atoms with Crippen molar-refractivity contribution in [1.29, 1.82) is 0 Å². The third-order valence-corrected chi connectivity index (χ3v) is 4.22. The molecule has 3 nitrogen and oxygen atoms in total. The van der Waals surface area contributed by atoms with Gasteiger partial charge in [-0.3, -0.25) is 11.3 Å². The van der Waals surface area contributed by atoms with Crippen LogP contribution in [0.15, 0.2) is 16.8 Å². The fourth-order valence-electron chi connectivity index (χ4n) is 2.38. The first kappa shape index (κ1) is 14.6. The van der Waals surface area contributed by atoms with Crippen molar-refractivity contribution in [2.45, 2.75) is 51.7 Å². The largest absolute Gasteiger partial charge is 0.374 e. The van der Waals surface area contributed by atoms with Crippen LogP contribution in [0.3, 0.4) is 0 Å². The second-order valence-electron chi connectivity index (χ2n) is 4.26. The van der Waals surface area contributed by atoms with Crippen molar-refractivity contribution in [2.24, 2.45) is 5.84 Å². The van der Waals surface area contributed by atoms with Crippen molar-refractivity contribution >= 4 is 11.3 Å². The molecule has 17 heavy (non-hydrogen) atoms. The van der Waals surface area contributed by atoms with Crippen molar-refractivity contribution in [2.75, 3.05) is 6.61 Å². The lowest BCUT2D eigenvalue weighted by atomic mass is 9.85. The number of hydrogen-bond donors (Lipinski definition) is 2. The quantitative estimate of drug-likeness (QED) is 0.555. The number of nitrogens with two attached hydrogens (primary N) is 1. The summed E-state index contributed by atoms with van der Waals surface area (Å²) in [5.41, 5.74) is 4.11. The van der Waals surface area contributed by atoms with Gasteiger partial charge in [-0.2, -0.15) is 11.3 Å². The zero-order valence-corrected chi connectivity index (χ0v) is 11.8. The summed E-state index contributed by atoms with van der Waals surface area (Å²) in [6.07, 6.45) is 2.86. The monoisotopic (exact) mass is 256 g/mol. The Bertz CT molecular complexity index is 296. The van der Waals surface area contributed by atoms with E-state index in [1.54, 1.807) is 11.3 Å². The highest BCUT2D eigenvalue weighted by molar-refractivity contribution is 7.07. The van der Waals surface area contributed by atoms with Crippen LogP contribution in [0.2, 0.25) is 0 Å². The molecule has 0 fully saturated rings. The number of nitrogens with one attached hydrogen (secondary N) is 1. The molecule has 0 saturated carbocycles. The van der Waals surface area contributed by atoms with Crippen molar-refractivity contribution < 1.29 is 4.74 Å². The van der Waals surface area contributed by atoms with Gasteiger partial charge in [0.15, 0.2) is 0 Å². The summed E-state index contributed by atoms with van der Waals surface area (Å²) >= 11 is 1.72. The summed E-state index contributed by atoms with van der Waals surface area (Å²) < 4.78 is 5.99. The van der Waals surface area contributed by atoms with Crippen LogP contribution in [-0.4, -0.2) is 18.2 Å². The van der Waals surface area contributed by atoms with Gasteiger partial charge in [-0.25, -0.2) is 0 Å². The second-order valence-corrected chi connectivity index (χ2v) is 5.04. The lowest BCUT2D eigenvalue weighted by molar-refractivity contribution is -0.0719. The molecule has 0 saturated heterocycles. The molecule has 0 aliphatic carbocycles. The highest BCUT2D eigenvalue weighted by Gasteiger charge is 2.35. The van der Waals surface area contributed by atoms with Crippen LogP contribution < -0.4 is 11.3 Å². The summed E-state index contributed by atoms with van der Waals surface area (Å²) in [6, 6.07) is 2.31. The molecule has 1 aromatic rings. The minimum absolute atomic E-state index is 0.159. The molecule has 1 rings (SSSR count). The first-order valence-electron chi connectivity index (χ1n) is 6.33. The smallest absolute Gasteiger partial charge is 0.0846 e. The molecule has 3 N–H and O–H groups in total. The van der Waals surface area contributed by atoms with Crippen molar-refractivity contribution in [3.63, 3.8) is 0 Å². The predicted octanol–water partition coefficient (Wildman–Crippen LogP) is 2.72. The summed E-state index contributed by atoms with van der Waals surface area (Å²) in [4.78, 5) is 0. The summed E-state index contributed by atoms with van der Waals surface area (Å²) in [5.74, 6) is 5.73. The number of thiophene rings is 1.